The molecule has 0 radical (unpaired) electrons. The number of ether oxygens (including phenoxy) is 1. The first-order valence-corrected chi connectivity index (χ1v) is 8.35. The number of methoxy groups -OCH3 is 1. The molecule has 0 amide bonds. The summed E-state index contributed by atoms with van der Waals surface area (Å²) in [5.74, 6) is 1.02. The van der Waals surface area contributed by atoms with Crippen LogP contribution in [-0.2, 0) is 11.3 Å². The Hall–Kier alpha value is -2.24. The van der Waals surface area contributed by atoms with Crippen molar-refractivity contribution in [2.45, 2.75) is 32.0 Å². The van der Waals surface area contributed by atoms with E-state index in [0.29, 0.717) is 0 Å². The van der Waals surface area contributed by atoms with Crippen LogP contribution < -0.4 is 0 Å². The quantitative estimate of drug-likeness (QED) is 0.801. The fourth-order valence-electron chi connectivity index (χ4n) is 3.56. The fraction of sp³-hybridized carbons (Fsp3) is 0.368. The number of benzene rings is 1. The molecular weight excluding hydrogens is 300 g/mol. The molecule has 1 fully saturated rings. The van der Waals surface area contributed by atoms with E-state index in [2.05, 4.69) is 50.2 Å². The van der Waals surface area contributed by atoms with Gasteiger partial charge in [0.2, 0.25) is 0 Å². The molecule has 24 heavy (non-hydrogen) atoms. The second-order valence-electron chi connectivity index (χ2n) is 6.49. The summed E-state index contributed by atoms with van der Waals surface area (Å²) in [7, 11) is 1.79. The summed E-state index contributed by atoms with van der Waals surface area (Å²) in [5.41, 5.74) is 3.40. The van der Waals surface area contributed by atoms with Crippen molar-refractivity contribution in [2.24, 2.45) is 0 Å². The van der Waals surface area contributed by atoms with Gasteiger partial charge in [0.25, 0.3) is 0 Å². The van der Waals surface area contributed by atoms with Gasteiger partial charge in [-0.2, -0.15) is 0 Å². The van der Waals surface area contributed by atoms with Gasteiger partial charge in [-0.1, -0.05) is 12.1 Å². The third kappa shape index (κ3) is 2.92. The van der Waals surface area contributed by atoms with Gasteiger partial charge in [0.1, 0.15) is 5.82 Å². The summed E-state index contributed by atoms with van der Waals surface area (Å²) in [6.45, 7) is 3.83. The van der Waals surface area contributed by atoms with Crippen LogP contribution in [0.2, 0.25) is 0 Å². The zero-order valence-electron chi connectivity index (χ0n) is 14.1. The summed E-state index contributed by atoms with van der Waals surface area (Å²) >= 11 is 0. The number of imidazole rings is 1. The van der Waals surface area contributed by atoms with Crippen LogP contribution in [0.25, 0.3) is 10.9 Å². The predicted molar refractivity (Wildman–Crippen MR) is 93.6 cm³/mol. The molecular formula is C19H22N4O. The number of likely N-dealkylation sites (tertiary alicyclic amines) is 1. The van der Waals surface area contributed by atoms with Crippen LogP contribution in [-0.4, -0.2) is 39.6 Å². The highest BCUT2D eigenvalue weighted by Crippen LogP contribution is 2.33. The molecule has 1 unspecified atom stereocenters. The first-order valence-electron chi connectivity index (χ1n) is 8.35. The number of H-pyrrole nitrogens is 1. The first-order chi connectivity index (χ1) is 11.7. The molecule has 2 atom stereocenters. The summed E-state index contributed by atoms with van der Waals surface area (Å²) < 4.78 is 5.60. The van der Waals surface area contributed by atoms with E-state index in [1.54, 1.807) is 7.11 Å². The molecule has 1 saturated heterocycles. The van der Waals surface area contributed by atoms with E-state index < -0.39 is 0 Å². The normalized spacial score (nSPS) is 21.6. The highest BCUT2D eigenvalue weighted by molar-refractivity contribution is 5.79. The van der Waals surface area contributed by atoms with Crippen molar-refractivity contribution >= 4 is 10.9 Å². The number of pyridine rings is 1. The third-order valence-corrected chi connectivity index (χ3v) is 4.81. The highest BCUT2D eigenvalue weighted by atomic mass is 16.5. The molecule has 1 N–H and O–H groups in total. The third-order valence-electron chi connectivity index (χ3n) is 4.81. The van der Waals surface area contributed by atoms with E-state index in [9.17, 15) is 0 Å². The van der Waals surface area contributed by atoms with Crippen molar-refractivity contribution in [1.82, 2.24) is 19.9 Å². The Morgan fingerprint density at radius 3 is 3.00 bits per heavy atom. The van der Waals surface area contributed by atoms with Crippen molar-refractivity contribution in [1.29, 1.82) is 0 Å². The zero-order valence-corrected chi connectivity index (χ0v) is 14.1. The number of hydrogen-bond donors (Lipinski definition) is 1. The zero-order chi connectivity index (χ0) is 16.5. The molecule has 2 aromatic heterocycles. The van der Waals surface area contributed by atoms with Gasteiger partial charge in [0, 0.05) is 43.7 Å². The summed E-state index contributed by atoms with van der Waals surface area (Å²) in [6, 6.07) is 11.0. The average Bonchev–Trinajstić information content (AvgIpc) is 3.24. The molecule has 0 saturated carbocycles. The van der Waals surface area contributed by atoms with E-state index >= 15 is 0 Å². The van der Waals surface area contributed by atoms with E-state index in [1.165, 1.54) is 10.9 Å². The van der Waals surface area contributed by atoms with Crippen LogP contribution in [0.5, 0.6) is 0 Å². The smallest absolute Gasteiger partial charge is 0.123 e. The van der Waals surface area contributed by atoms with Crippen LogP contribution in [0.1, 0.15) is 29.5 Å². The van der Waals surface area contributed by atoms with E-state index in [0.717, 1.165) is 36.5 Å². The first kappa shape index (κ1) is 15.3. The highest BCUT2D eigenvalue weighted by Gasteiger charge is 2.34. The topological polar surface area (TPSA) is 54.0 Å². The number of rotatable bonds is 4. The van der Waals surface area contributed by atoms with Gasteiger partial charge in [-0.05, 0) is 37.1 Å². The Kier molecular flexibility index (Phi) is 4.04. The summed E-state index contributed by atoms with van der Waals surface area (Å²) in [6.07, 6.45) is 4.93. The van der Waals surface area contributed by atoms with Gasteiger partial charge in [-0.3, -0.25) is 9.88 Å². The number of nitrogens with zero attached hydrogens (tertiary/aromatic N) is 3. The van der Waals surface area contributed by atoms with Crippen LogP contribution in [0.15, 0.2) is 42.7 Å². The monoisotopic (exact) mass is 322 g/mol. The molecule has 0 spiro atoms. The molecule has 3 aromatic rings. The Morgan fingerprint density at radius 1 is 1.29 bits per heavy atom. The standard InChI is InChI=1S/C19H22N4O/c1-13-3-5-15-9-14(4-6-17(15)22-13)11-23-12-16(24-2)10-18(23)19-20-7-8-21-19/h3-9,16,18H,10-12H2,1-2H3,(H,20,21)/t16-,18?/m1/s1. The molecule has 124 valence electrons. The van der Waals surface area contributed by atoms with Crippen molar-refractivity contribution in [2.75, 3.05) is 13.7 Å². The Morgan fingerprint density at radius 2 is 2.21 bits per heavy atom. The second kappa shape index (κ2) is 6.34. The molecule has 1 aromatic carbocycles. The van der Waals surface area contributed by atoms with Crippen LogP contribution in [0, 0.1) is 6.92 Å². The predicted octanol–water partition coefficient (Wildman–Crippen LogP) is 3.23. The van der Waals surface area contributed by atoms with Gasteiger partial charge in [-0.15, -0.1) is 0 Å². The second-order valence-corrected chi connectivity index (χ2v) is 6.49. The van der Waals surface area contributed by atoms with Gasteiger partial charge < -0.3 is 9.72 Å². The van der Waals surface area contributed by atoms with Crippen LogP contribution >= 0.6 is 0 Å². The number of aryl methyl sites for hydroxylation is 1. The van der Waals surface area contributed by atoms with Gasteiger partial charge in [0.15, 0.2) is 0 Å². The molecule has 3 heterocycles. The summed E-state index contributed by atoms with van der Waals surface area (Å²) in [5, 5.41) is 1.19. The lowest BCUT2D eigenvalue weighted by Gasteiger charge is -2.22. The van der Waals surface area contributed by atoms with E-state index in [1.807, 2.05) is 19.3 Å². The lowest BCUT2D eigenvalue weighted by atomic mass is 10.1. The van der Waals surface area contributed by atoms with E-state index in [-0.39, 0.29) is 12.1 Å². The van der Waals surface area contributed by atoms with Crippen LogP contribution in [0.3, 0.4) is 0 Å². The molecule has 5 nitrogen and oxygen atoms in total. The lowest BCUT2D eigenvalue weighted by molar-refractivity contribution is 0.107. The molecule has 4 rings (SSSR count). The SMILES string of the molecule is CO[C@@H]1CC(c2ncc[nH]2)N(Cc2ccc3nc(C)ccc3c2)C1. The minimum atomic E-state index is 0.255. The summed E-state index contributed by atoms with van der Waals surface area (Å²) in [4.78, 5) is 14.7. The fourth-order valence-corrected chi connectivity index (χ4v) is 3.56. The number of aromatic amines is 1. The van der Waals surface area contributed by atoms with Crippen molar-refractivity contribution < 1.29 is 4.74 Å². The van der Waals surface area contributed by atoms with Gasteiger partial charge in [-0.25, -0.2) is 4.98 Å². The van der Waals surface area contributed by atoms with Gasteiger partial charge >= 0.3 is 0 Å². The van der Waals surface area contributed by atoms with Crippen molar-refractivity contribution in [3.05, 3.63) is 59.8 Å². The lowest BCUT2D eigenvalue weighted by Crippen LogP contribution is -2.25. The molecule has 0 bridgehead atoms. The minimum absolute atomic E-state index is 0.255. The Labute approximate surface area is 141 Å². The van der Waals surface area contributed by atoms with Gasteiger partial charge in [0.05, 0.1) is 17.7 Å². The molecule has 5 heteroatoms. The molecule has 0 aliphatic carbocycles. The maximum absolute atomic E-state index is 5.60. The molecule has 1 aliphatic heterocycles. The number of hydrogen-bond acceptors (Lipinski definition) is 4. The largest absolute Gasteiger partial charge is 0.380 e. The Balaban J connectivity index is 1.59. The maximum Gasteiger partial charge on any atom is 0.123 e. The van der Waals surface area contributed by atoms with Crippen LogP contribution in [0.4, 0.5) is 0 Å². The number of nitrogens with one attached hydrogen (secondary N) is 1. The number of aromatic nitrogens is 3. The maximum atomic E-state index is 5.60. The minimum Gasteiger partial charge on any atom is -0.380 e. The number of fused-ring (bicyclic) bond motifs is 1. The van der Waals surface area contributed by atoms with Crippen molar-refractivity contribution in [3.63, 3.8) is 0 Å². The Bertz CT molecular complexity index is 831. The van der Waals surface area contributed by atoms with Crippen molar-refractivity contribution in [3.8, 4) is 0 Å². The average molecular weight is 322 g/mol. The van der Waals surface area contributed by atoms with E-state index in [4.69, 9.17) is 4.74 Å². The molecule has 1 aliphatic rings.